The number of rotatable bonds is 7. The average Bonchev–Trinajstić information content (AvgIpc) is 2.34. The lowest BCUT2D eigenvalue weighted by atomic mass is 10.1. The molecular weight excluding hydrogens is 226 g/mol. The minimum absolute atomic E-state index is 0.0736. The largest absolute Gasteiger partial charge is 0.395 e. The highest BCUT2D eigenvalue weighted by Gasteiger charge is 2.12. The van der Waals surface area contributed by atoms with Gasteiger partial charge in [-0.2, -0.15) is 0 Å². The molecule has 4 nitrogen and oxygen atoms in total. The normalized spacial score (nSPS) is 10.4. The summed E-state index contributed by atoms with van der Waals surface area (Å²) >= 11 is 0. The summed E-state index contributed by atoms with van der Waals surface area (Å²) in [7, 11) is 0. The van der Waals surface area contributed by atoms with Crippen LogP contribution < -0.4 is 10.6 Å². The molecule has 0 bridgehead atoms. The summed E-state index contributed by atoms with van der Waals surface area (Å²) in [5.74, 6) is 0.0736. The second-order valence-corrected chi connectivity index (χ2v) is 4.50. The number of anilines is 1. The standard InChI is InChI=1S/C14H23N3O/c1-3-4-7-17(8-9-18)13-10-11(2)5-6-12(13)14(15)16/h5-6,10,18H,3-4,7-9H2,1-2H3,(H3,15,16). The minimum atomic E-state index is 0.0736. The molecule has 0 amide bonds. The number of unbranched alkanes of at least 4 members (excludes halogenated alkanes) is 1. The van der Waals surface area contributed by atoms with Gasteiger partial charge in [-0.1, -0.05) is 19.4 Å². The van der Waals surface area contributed by atoms with Gasteiger partial charge in [0.25, 0.3) is 0 Å². The smallest absolute Gasteiger partial charge is 0.124 e. The van der Waals surface area contributed by atoms with Crippen LogP contribution in [0.5, 0.6) is 0 Å². The van der Waals surface area contributed by atoms with Crippen LogP contribution >= 0.6 is 0 Å². The summed E-state index contributed by atoms with van der Waals surface area (Å²) in [6.07, 6.45) is 2.16. The van der Waals surface area contributed by atoms with Crippen molar-refractivity contribution in [3.05, 3.63) is 29.3 Å². The van der Waals surface area contributed by atoms with Crippen molar-refractivity contribution in [2.75, 3.05) is 24.6 Å². The molecule has 0 saturated heterocycles. The van der Waals surface area contributed by atoms with Gasteiger partial charge in [-0.25, -0.2) is 0 Å². The fourth-order valence-electron chi connectivity index (χ4n) is 1.95. The van der Waals surface area contributed by atoms with Crippen LogP contribution in [0, 0.1) is 12.3 Å². The molecule has 1 aromatic rings. The van der Waals surface area contributed by atoms with Gasteiger partial charge in [-0.05, 0) is 31.0 Å². The summed E-state index contributed by atoms with van der Waals surface area (Å²) in [6.45, 7) is 5.71. The number of aliphatic hydroxyl groups excluding tert-OH is 1. The molecule has 0 aliphatic rings. The lowest BCUT2D eigenvalue weighted by molar-refractivity contribution is 0.301. The van der Waals surface area contributed by atoms with E-state index in [1.807, 2.05) is 25.1 Å². The fourth-order valence-corrected chi connectivity index (χ4v) is 1.95. The van der Waals surface area contributed by atoms with Crippen molar-refractivity contribution < 1.29 is 5.11 Å². The quantitative estimate of drug-likeness (QED) is 0.510. The second kappa shape index (κ2) is 7.01. The Balaban J connectivity index is 3.07. The van der Waals surface area contributed by atoms with E-state index in [1.54, 1.807) is 0 Å². The lowest BCUT2D eigenvalue weighted by Gasteiger charge is -2.26. The molecule has 0 fully saturated rings. The van der Waals surface area contributed by atoms with Crippen molar-refractivity contribution >= 4 is 11.5 Å². The number of hydrogen-bond acceptors (Lipinski definition) is 3. The molecule has 0 aliphatic carbocycles. The van der Waals surface area contributed by atoms with Crippen molar-refractivity contribution in [2.24, 2.45) is 5.73 Å². The van der Waals surface area contributed by atoms with E-state index in [0.717, 1.165) is 36.2 Å². The Morgan fingerprint density at radius 3 is 2.67 bits per heavy atom. The van der Waals surface area contributed by atoms with Crippen molar-refractivity contribution in [1.82, 2.24) is 0 Å². The Labute approximate surface area is 109 Å². The zero-order valence-corrected chi connectivity index (χ0v) is 11.2. The van der Waals surface area contributed by atoms with Crippen molar-refractivity contribution in [3.8, 4) is 0 Å². The van der Waals surface area contributed by atoms with Crippen LogP contribution in [0.2, 0.25) is 0 Å². The number of aryl methyl sites for hydroxylation is 1. The number of aliphatic hydroxyl groups is 1. The van der Waals surface area contributed by atoms with Gasteiger partial charge in [0.1, 0.15) is 5.84 Å². The van der Waals surface area contributed by atoms with Crippen LogP contribution in [0.25, 0.3) is 0 Å². The average molecular weight is 249 g/mol. The Morgan fingerprint density at radius 2 is 2.11 bits per heavy atom. The third-order valence-electron chi connectivity index (χ3n) is 2.94. The summed E-state index contributed by atoms with van der Waals surface area (Å²) in [4.78, 5) is 2.10. The summed E-state index contributed by atoms with van der Waals surface area (Å²) in [5.41, 5.74) is 8.45. The van der Waals surface area contributed by atoms with Gasteiger partial charge in [0.15, 0.2) is 0 Å². The predicted molar refractivity (Wildman–Crippen MR) is 76.4 cm³/mol. The minimum Gasteiger partial charge on any atom is -0.395 e. The second-order valence-electron chi connectivity index (χ2n) is 4.50. The summed E-state index contributed by atoms with van der Waals surface area (Å²) in [5, 5.41) is 16.8. The Kier molecular flexibility index (Phi) is 5.65. The van der Waals surface area contributed by atoms with E-state index in [2.05, 4.69) is 11.8 Å². The number of benzene rings is 1. The zero-order chi connectivity index (χ0) is 13.5. The van der Waals surface area contributed by atoms with Gasteiger partial charge in [0, 0.05) is 24.3 Å². The van der Waals surface area contributed by atoms with E-state index < -0.39 is 0 Å². The first-order valence-electron chi connectivity index (χ1n) is 6.41. The zero-order valence-electron chi connectivity index (χ0n) is 11.2. The van der Waals surface area contributed by atoms with Crippen LogP contribution in [0.1, 0.15) is 30.9 Å². The molecule has 0 atom stereocenters. The molecule has 4 heteroatoms. The first-order chi connectivity index (χ1) is 8.60. The highest BCUT2D eigenvalue weighted by Crippen LogP contribution is 2.22. The van der Waals surface area contributed by atoms with Crippen LogP contribution in [0.15, 0.2) is 18.2 Å². The maximum Gasteiger partial charge on any atom is 0.124 e. The first-order valence-corrected chi connectivity index (χ1v) is 6.41. The van der Waals surface area contributed by atoms with Gasteiger partial charge in [-0.3, -0.25) is 5.41 Å². The van der Waals surface area contributed by atoms with Gasteiger partial charge < -0.3 is 15.7 Å². The molecule has 0 aliphatic heterocycles. The van der Waals surface area contributed by atoms with Crippen molar-refractivity contribution in [2.45, 2.75) is 26.7 Å². The third-order valence-corrected chi connectivity index (χ3v) is 2.94. The number of nitrogens with one attached hydrogen (secondary N) is 1. The molecule has 1 aromatic carbocycles. The van der Waals surface area contributed by atoms with E-state index in [0.29, 0.717) is 6.54 Å². The fraction of sp³-hybridized carbons (Fsp3) is 0.500. The van der Waals surface area contributed by atoms with Crippen LogP contribution in [0.4, 0.5) is 5.69 Å². The van der Waals surface area contributed by atoms with Crippen LogP contribution in [-0.4, -0.2) is 30.6 Å². The SMILES string of the molecule is CCCCN(CCO)c1cc(C)ccc1C(=N)N. The molecule has 1 rings (SSSR count). The Morgan fingerprint density at radius 1 is 1.39 bits per heavy atom. The maximum absolute atomic E-state index is 9.17. The Bertz CT molecular complexity index is 404. The maximum atomic E-state index is 9.17. The van der Waals surface area contributed by atoms with Crippen molar-refractivity contribution in [3.63, 3.8) is 0 Å². The topological polar surface area (TPSA) is 73.3 Å². The predicted octanol–water partition coefficient (Wildman–Crippen LogP) is 1.88. The number of nitrogen functional groups attached to an aromatic ring is 1. The molecule has 18 heavy (non-hydrogen) atoms. The highest BCUT2D eigenvalue weighted by atomic mass is 16.3. The van der Waals surface area contributed by atoms with Gasteiger partial charge in [-0.15, -0.1) is 0 Å². The molecule has 4 N–H and O–H groups in total. The first kappa shape index (κ1) is 14.5. The molecule has 100 valence electrons. The summed E-state index contributed by atoms with van der Waals surface area (Å²) < 4.78 is 0. The van der Waals surface area contributed by atoms with E-state index in [9.17, 15) is 0 Å². The third kappa shape index (κ3) is 3.74. The molecule has 0 unspecified atom stereocenters. The number of hydrogen-bond donors (Lipinski definition) is 3. The lowest BCUT2D eigenvalue weighted by Crippen LogP contribution is -2.30. The Hall–Kier alpha value is -1.55. The van der Waals surface area contributed by atoms with E-state index >= 15 is 0 Å². The van der Waals surface area contributed by atoms with E-state index in [1.165, 1.54) is 0 Å². The molecule has 0 spiro atoms. The van der Waals surface area contributed by atoms with Gasteiger partial charge in [0.05, 0.1) is 6.61 Å². The number of amidine groups is 1. The van der Waals surface area contributed by atoms with Gasteiger partial charge >= 0.3 is 0 Å². The summed E-state index contributed by atoms with van der Waals surface area (Å²) in [6, 6.07) is 5.86. The van der Waals surface area contributed by atoms with Crippen molar-refractivity contribution in [1.29, 1.82) is 5.41 Å². The van der Waals surface area contributed by atoms with E-state index in [-0.39, 0.29) is 12.4 Å². The monoisotopic (exact) mass is 249 g/mol. The van der Waals surface area contributed by atoms with E-state index in [4.69, 9.17) is 16.2 Å². The molecule has 0 radical (unpaired) electrons. The molecule has 0 saturated carbocycles. The highest BCUT2D eigenvalue weighted by molar-refractivity contribution is 6.00. The van der Waals surface area contributed by atoms with Gasteiger partial charge in [0.2, 0.25) is 0 Å². The molecule has 0 heterocycles. The number of nitrogens with zero attached hydrogens (tertiary/aromatic N) is 1. The molecular formula is C14H23N3O. The van der Waals surface area contributed by atoms with Crippen LogP contribution in [0.3, 0.4) is 0 Å². The molecule has 0 aromatic heterocycles. The number of nitrogens with two attached hydrogens (primary N) is 1. The van der Waals surface area contributed by atoms with Crippen LogP contribution in [-0.2, 0) is 0 Å².